The van der Waals surface area contributed by atoms with Gasteiger partial charge in [0.25, 0.3) is 0 Å². The first-order chi connectivity index (χ1) is 12.0. The van der Waals surface area contributed by atoms with Gasteiger partial charge < -0.3 is 0 Å². The van der Waals surface area contributed by atoms with Gasteiger partial charge in [-0.3, -0.25) is 4.98 Å². The van der Waals surface area contributed by atoms with Crippen LogP contribution in [0, 0.1) is 11.3 Å². The first kappa shape index (κ1) is 15.6. The van der Waals surface area contributed by atoms with Crippen LogP contribution in [0.15, 0.2) is 54.7 Å². The van der Waals surface area contributed by atoms with E-state index in [1.54, 1.807) is 24.4 Å². The molecule has 0 saturated carbocycles. The van der Waals surface area contributed by atoms with Gasteiger partial charge in [-0.1, -0.05) is 12.1 Å². The molecule has 0 saturated heterocycles. The largest absolute Gasteiger partial charge is 0.416 e. The van der Waals surface area contributed by atoms with Gasteiger partial charge in [0.05, 0.1) is 22.7 Å². The molecule has 4 aromatic rings. The number of nitrogens with zero attached hydrogens (tertiary/aromatic N) is 2. The van der Waals surface area contributed by atoms with E-state index >= 15 is 0 Å². The smallest absolute Gasteiger partial charge is 0.256 e. The Morgan fingerprint density at radius 2 is 1.88 bits per heavy atom. The third kappa shape index (κ3) is 2.73. The maximum atomic E-state index is 13.0. The Labute approximate surface area is 144 Å². The molecular weight excluding hydrogens is 345 g/mol. The normalized spacial score (nSPS) is 11.8. The molecule has 0 aliphatic heterocycles. The number of benzene rings is 2. The number of nitriles is 1. The van der Waals surface area contributed by atoms with Crippen molar-refractivity contribution in [2.45, 2.75) is 6.18 Å². The second-order valence-corrected chi connectivity index (χ2v) is 6.63. The average molecular weight is 354 g/mol. The monoisotopic (exact) mass is 354 g/mol. The minimum atomic E-state index is -4.39. The van der Waals surface area contributed by atoms with Crippen molar-refractivity contribution in [2.75, 3.05) is 0 Å². The van der Waals surface area contributed by atoms with Crippen molar-refractivity contribution in [1.82, 2.24) is 4.98 Å². The zero-order valence-corrected chi connectivity index (χ0v) is 13.4. The number of hydrogen-bond acceptors (Lipinski definition) is 3. The minimum Gasteiger partial charge on any atom is -0.256 e. The summed E-state index contributed by atoms with van der Waals surface area (Å²) in [5.41, 5.74) is 1.24. The van der Waals surface area contributed by atoms with Crippen LogP contribution in [0.5, 0.6) is 0 Å². The highest BCUT2D eigenvalue weighted by Gasteiger charge is 2.30. The highest BCUT2D eigenvalue weighted by Crippen LogP contribution is 2.39. The Hall–Kier alpha value is -2.91. The van der Waals surface area contributed by atoms with Crippen LogP contribution in [0.2, 0.25) is 0 Å². The average Bonchev–Trinajstić information content (AvgIpc) is 3.05. The highest BCUT2D eigenvalue weighted by molar-refractivity contribution is 7.23. The topological polar surface area (TPSA) is 36.7 Å². The molecule has 2 aromatic heterocycles. The summed E-state index contributed by atoms with van der Waals surface area (Å²) in [4.78, 5) is 5.15. The van der Waals surface area contributed by atoms with Gasteiger partial charge in [0, 0.05) is 26.5 Å². The van der Waals surface area contributed by atoms with Crippen molar-refractivity contribution < 1.29 is 13.2 Å². The summed E-state index contributed by atoms with van der Waals surface area (Å²) >= 11 is 1.40. The fourth-order valence-electron chi connectivity index (χ4n) is 2.74. The van der Waals surface area contributed by atoms with E-state index in [1.807, 2.05) is 12.1 Å². The molecule has 25 heavy (non-hydrogen) atoms. The van der Waals surface area contributed by atoms with Gasteiger partial charge in [-0.15, -0.1) is 11.3 Å². The molecule has 0 unspecified atom stereocenters. The van der Waals surface area contributed by atoms with Crippen LogP contribution in [0.4, 0.5) is 13.2 Å². The maximum absolute atomic E-state index is 13.0. The van der Waals surface area contributed by atoms with Gasteiger partial charge in [-0.25, -0.2) is 0 Å². The molecule has 0 atom stereocenters. The highest BCUT2D eigenvalue weighted by atomic mass is 32.1. The van der Waals surface area contributed by atoms with E-state index in [1.165, 1.54) is 17.4 Å². The molecule has 0 radical (unpaired) electrons. The van der Waals surface area contributed by atoms with Gasteiger partial charge >= 0.3 is 6.18 Å². The first-order valence-electron chi connectivity index (χ1n) is 7.36. The van der Waals surface area contributed by atoms with Crippen LogP contribution in [-0.2, 0) is 6.18 Å². The van der Waals surface area contributed by atoms with E-state index in [4.69, 9.17) is 5.26 Å². The lowest BCUT2D eigenvalue weighted by Crippen LogP contribution is -2.04. The summed E-state index contributed by atoms with van der Waals surface area (Å²) in [5.74, 6) is 0. The summed E-state index contributed by atoms with van der Waals surface area (Å²) in [6.07, 6.45) is -2.73. The van der Waals surface area contributed by atoms with E-state index < -0.39 is 11.7 Å². The number of fused-ring (bicyclic) bond motifs is 3. The van der Waals surface area contributed by atoms with Gasteiger partial charge in [0.15, 0.2) is 0 Å². The fourth-order valence-corrected chi connectivity index (χ4v) is 3.90. The number of alkyl halides is 3. The molecule has 122 valence electrons. The van der Waals surface area contributed by atoms with Crippen molar-refractivity contribution in [1.29, 1.82) is 5.26 Å². The van der Waals surface area contributed by atoms with E-state index in [0.29, 0.717) is 16.5 Å². The van der Waals surface area contributed by atoms with Crippen molar-refractivity contribution in [3.05, 3.63) is 65.9 Å². The van der Waals surface area contributed by atoms with Crippen molar-refractivity contribution >= 4 is 32.3 Å². The molecule has 0 N–H and O–H groups in total. The van der Waals surface area contributed by atoms with Crippen molar-refractivity contribution in [3.63, 3.8) is 0 Å². The lowest BCUT2D eigenvalue weighted by molar-refractivity contribution is -0.137. The standard InChI is InChI=1S/C19H9F3N2S/c20-19(21,22)14-4-5-16-15(8-14)18-13(10-24-16)7-17(25-18)12-3-1-2-11(6-12)9-23/h1-8,10H. The van der Waals surface area contributed by atoms with Crippen molar-refractivity contribution in [3.8, 4) is 16.5 Å². The molecule has 0 spiro atoms. The quantitative estimate of drug-likeness (QED) is 0.420. The molecule has 0 aliphatic rings. The summed E-state index contributed by atoms with van der Waals surface area (Å²) in [6, 6.07) is 14.7. The fraction of sp³-hybridized carbons (Fsp3) is 0.0526. The van der Waals surface area contributed by atoms with Crippen LogP contribution in [-0.4, -0.2) is 4.98 Å². The Morgan fingerprint density at radius 1 is 1.04 bits per heavy atom. The van der Waals surface area contributed by atoms with E-state index in [0.717, 1.165) is 32.7 Å². The van der Waals surface area contributed by atoms with Gasteiger partial charge in [0.2, 0.25) is 0 Å². The number of thiophene rings is 1. The van der Waals surface area contributed by atoms with Crippen molar-refractivity contribution in [2.24, 2.45) is 0 Å². The predicted molar refractivity (Wildman–Crippen MR) is 92.3 cm³/mol. The molecule has 2 heterocycles. The lowest BCUT2D eigenvalue weighted by atomic mass is 10.1. The summed E-state index contributed by atoms with van der Waals surface area (Å²) in [7, 11) is 0. The second kappa shape index (κ2) is 5.57. The van der Waals surface area contributed by atoms with Crippen LogP contribution >= 0.6 is 11.3 Å². The Morgan fingerprint density at radius 3 is 2.64 bits per heavy atom. The molecule has 0 amide bonds. The number of pyridine rings is 1. The molecule has 0 bridgehead atoms. The number of rotatable bonds is 1. The molecule has 6 heteroatoms. The lowest BCUT2D eigenvalue weighted by Gasteiger charge is -2.07. The molecule has 2 nitrogen and oxygen atoms in total. The number of halogens is 3. The molecule has 0 aliphatic carbocycles. The van der Waals surface area contributed by atoms with Crippen LogP contribution in [0.1, 0.15) is 11.1 Å². The molecule has 0 fully saturated rings. The third-order valence-corrected chi connectivity index (χ3v) is 5.18. The van der Waals surface area contributed by atoms with E-state index in [-0.39, 0.29) is 0 Å². The minimum absolute atomic E-state index is 0.486. The Bertz CT molecular complexity index is 1150. The van der Waals surface area contributed by atoms with Crippen LogP contribution in [0.25, 0.3) is 31.4 Å². The van der Waals surface area contributed by atoms with Crippen LogP contribution < -0.4 is 0 Å². The van der Waals surface area contributed by atoms with E-state index in [2.05, 4.69) is 11.1 Å². The number of aromatic nitrogens is 1. The summed E-state index contributed by atoms with van der Waals surface area (Å²) in [5, 5.41) is 10.3. The van der Waals surface area contributed by atoms with Crippen LogP contribution in [0.3, 0.4) is 0 Å². The molecule has 4 rings (SSSR count). The second-order valence-electron chi connectivity index (χ2n) is 5.58. The third-order valence-electron chi connectivity index (χ3n) is 3.95. The Kier molecular flexibility index (Phi) is 3.48. The van der Waals surface area contributed by atoms with Gasteiger partial charge in [0.1, 0.15) is 0 Å². The van der Waals surface area contributed by atoms with Gasteiger partial charge in [-0.05, 0) is 42.0 Å². The molecular formula is C19H9F3N2S. The van der Waals surface area contributed by atoms with E-state index in [9.17, 15) is 13.2 Å². The summed E-state index contributed by atoms with van der Waals surface area (Å²) in [6.45, 7) is 0. The first-order valence-corrected chi connectivity index (χ1v) is 8.17. The maximum Gasteiger partial charge on any atom is 0.416 e. The Balaban J connectivity index is 1.95. The van der Waals surface area contributed by atoms with Gasteiger partial charge in [-0.2, -0.15) is 18.4 Å². The summed E-state index contributed by atoms with van der Waals surface area (Å²) < 4.78 is 39.8. The predicted octanol–water partition coefficient (Wildman–Crippen LogP) is 6.01. The zero-order valence-electron chi connectivity index (χ0n) is 12.6. The number of hydrogen-bond donors (Lipinski definition) is 0. The zero-order chi connectivity index (χ0) is 17.6. The SMILES string of the molecule is N#Cc1cccc(-c2cc3cnc4ccc(C(F)(F)F)cc4c3s2)c1. The molecule has 2 aromatic carbocycles.